The fourth-order valence-electron chi connectivity index (χ4n) is 2.12. The zero-order valence-corrected chi connectivity index (χ0v) is 15.5. The summed E-state index contributed by atoms with van der Waals surface area (Å²) < 4.78 is 21.2. The molecule has 0 aliphatic heterocycles. The topological polar surface area (TPSA) is 54.0 Å². The van der Waals surface area contributed by atoms with Crippen LogP contribution in [0.3, 0.4) is 0 Å². The number of rotatable bonds is 12. The molecule has 0 aromatic heterocycles. The average molecular weight is 359 g/mol. The molecule has 5 nitrogen and oxygen atoms in total. The molecule has 0 radical (unpaired) electrons. The van der Waals surface area contributed by atoms with Crippen LogP contribution in [0.25, 0.3) is 0 Å². The molecule has 1 rings (SSSR count). The van der Waals surface area contributed by atoms with Crippen LogP contribution in [0.5, 0.6) is 17.2 Å². The van der Waals surface area contributed by atoms with E-state index in [0.29, 0.717) is 41.9 Å². The minimum absolute atomic E-state index is 0.283. The second-order valence-corrected chi connectivity index (χ2v) is 5.82. The third-order valence-corrected chi connectivity index (χ3v) is 3.72. The van der Waals surface area contributed by atoms with Crippen molar-refractivity contribution in [1.82, 2.24) is 0 Å². The van der Waals surface area contributed by atoms with E-state index in [0.717, 1.165) is 32.1 Å². The van der Waals surface area contributed by atoms with Crippen molar-refractivity contribution in [2.45, 2.75) is 45.4 Å². The molecule has 0 N–H and O–H groups in total. The highest BCUT2D eigenvalue weighted by atomic mass is 35.5. The maximum absolute atomic E-state index is 11.9. The molecule has 1 aromatic rings. The van der Waals surface area contributed by atoms with Gasteiger partial charge < -0.3 is 18.9 Å². The summed E-state index contributed by atoms with van der Waals surface area (Å²) in [5.74, 6) is 0.942. The van der Waals surface area contributed by atoms with Crippen LogP contribution in [0.4, 0.5) is 0 Å². The Morgan fingerprint density at radius 2 is 1.79 bits per heavy atom. The molecule has 0 saturated carbocycles. The molecule has 0 bridgehead atoms. The van der Waals surface area contributed by atoms with Crippen molar-refractivity contribution in [3.05, 3.63) is 17.2 Å². The summed E-state index contributed by atoms with van der Waals surface area (Å²) in [4.78, 5) is 11.9. The standard InChI is InChI=1S/C18H27ClO5/c1-4-5-6-7-9-18(20)24-17-12-14(19)15(13-16(17)22-3)23-11-8-10-21-2/h12-13H,4-11H2,1-3H3. The van der Waals surface area contributed by atoms with E-state index in [-0.39, 0.29) is 5.97 Å². The van der Waals surface area contributed by atoms with E-state index < -0.39 is 0 Å². The number of ether oxygens (including phenoxy) is 4. The summed E-state index contributed by atoms with van der Waals surface area (Å²) in [7, 11) is 3.15. The van der Waals surface area contributed by atoms with Crippen molar-refractivity contribution in [2.24, 2.45) is 0 Å². The van der Waals surface area contributed by atoms with Crippen LogP contribution in [-0.2, 0) is 9.53 Å². The second-order valence-electron chi connectivity index (χ2n) is 5.41. The first-order chi connectivity index (χ1) is 11.6. The Bertz CT molecular complexity index is 504. The number of halogens is 1. The van der Waals surface area contributed by atoms with Gasteiger partial charge in [-0.25, -0.2) is 0 Å². The highest BCUT2D eigenvalue weighted by Crippen LogP contribution is 2.38. The number of esters is 1. The van der Waals surface area contributed by atoms with Gasteiger partial charge in [-0.05, 0) is 6.42 Å². The van der Waals surface area contributed by atoms with Crippen molar-refractivity contribution < 1.29 is 23.7 Å². The van der Waals surface area contributed by atoms with Gasteiger partial charge in [-0.2, -0.15) is 0 Å². The van der Waals surface area contributed by atoms with Crippen molar-refractivity contribution >= 4 is 17.6 Å². The molecule has 0 fully saturated rings. The number of hydrogen-bond acceptors (Lipinski definition) is 5. The van der Waals surface area contributed by atoms with E-state index in [2.05, 4.69) is 6.92 Å². The van der Waals surface area contributed by atoms with E-state index >= 15 is 0 Å². The van der Waals surface area contributed by atoms with Gasteiger partial charge in [0.2, 0.25) is 0 Å². The van der Waals surface area contributed by atoms with Gasteiger partial charge in [-0.3, -0.25) is 4.79 Å². The van der Waals surface area contributed by atoms with Gasteiger partial charge >= 0.3 is 5.97 Å². The van der Waals surface area contributed by atoms with Crippen molar-refractivity contribution in [3.63, 3.8) is 0 Å². The highest BCUT2D eigenvalue weighted by molar-refractivity contribution is 6.32. The van der Waals surface area contributed by atoms with Crippen LogP contribution in [0.1, 0.15) is 45.4 Å². The molecule has 136 valence electrons. The van der Waals surface area contributed by atoms with Crippen molar-refractivity contribution in [3.8, 4) is 17.2 Å². The number of methoxy groups -OCH3 is 2. The summed E-state index contributed by atoms with van der Waals surface area (Å²) in [5, 5.41) is 0.377. The van der Waals surface area contributed by atoms with Crippen LogP contribution in [0.2, 0.25) is 5.02 Å². The largest absolute Gasteiger partial charge is 0.493 e. The van der Waals surface area contributed by atoms with Gasteiger partial charge in [0, 0.05) is 38.7 Å². The van der Waals surface area contributed by atoms with E-state index in [9.17, 15) is 4.79 Å². The molecule has 24 heavy (non-hydrogen) atoms. The second kappa shape index (κ2) is 12.0. The minimum Gasteiger partial charge on any atom is -0.493 e. The zero-order chi connectivity index (χ0) is 17.8. The quantitative estimate of drug-likeness (QED) is 0.309. The van der Waals surface area contributed by atoms with Crippen molar-refractivity contribution in [2.75, 3.05) is 27.4 Å². The van der Waals surface area contributed by atoms with E-state index in [1.807, 2.05) is 0 Å². The minimum atomic E-state index is -0.283. The Kier molecular flexibility index (Phi) is 10.3. The molecule has 0 heterocycles. The fraction of sp³-hybridized carbons (Fsp3) is 0.611. The Morgan fingerprint density at radius 3 is 2.46 bits per heavy atom. The van der Waals surface area contributed by atoms with Gasteiger partial charge in [-0.15, -0.1) is 0 Å². The molecule has 0 atom stereocenters. The summed E-state index contributed by atoms with van der Waals surface area (Å²) in [5.41, 5.74) is 0. The molecule has 0 aliphatic rings. The predicted octanol–water partition coefficient (Wildman–Crippen LogP) is 4.64. The van der Waals surface area contributed by atoms with Crippen molar-refractivity contribution in [1.29, 1.82) is 0 Å². The van der Waals surface area contributed by atoms with E-state index in [1.165, 1.54) is 7.11 Å². The molecule has 1 aromatic carbocycles. The SMILES string of the molecule is CCCCCCC(=O)Oc1cc(Cl)c(OCCCOC)cc1OC. The lowest BCUT2D eigenvalue weighted by atomic mass is 10.1. The Balaban J connectivity index is 2.63. The third-order valence-electron chi connectivity index (χ3n) is 3.43. The number of unbranched alkanes of at least 4 members (excludes halogenated alkanes) is 3. The molecule has 0 amide bonds. The lowest BCUT2D eigenvalue weighted by Crippen LogP contribution is -2.09. The molecule has 0 spiro atoms. The summed E-state index contributed by atoms with van der Waals surface area (Å²) >= 11 is 6.20. The fourth-order valence-corrected chi connectivity index (χ4v) is 2.33. The van der Waals surface area contributed by atoms with Crippen LogP contribution < -0.4 is 14.2 Å². The van der Waals surface area contributed by atoms with Gasteiger partial charge in [0.15, 0.2) is 11.5 Å². The lowest BCUT2D eigenvalue weighted by molar-refractivity contribution is -0.134. The van der Waals surface area contributed by atoms with Crippen LogP contribution >= 0.6 is 11.6 Å². The normalized spacial score (nSPS) is 10.5. The van der Waals surface area contributed by atoms with Gasteiger partial charge in [0.1, 0.15) is 5.75 Å². The molecular formula is C18H27ClO5. The first-order valence-electron chi connectivity index (χ1n) is 8.32. The molecule has 0 unspecified atom stereocenters. The van der Waals surface area contributed by atoms with Gasteiger partial charge in [0.05, 0.1) is 18.7 Å². The Hall–Kier alpha value is -1.46. The summed E-state index contributed by atoms with van der Waals surface area (Å²) in [6, 6.07) is 3.19. The number of benzene rings is 1. The summed E-state index contributed by atoms with van der Waals surface area (Å²) in [6.45, 7) is 3.22. The summed E-state index contributed by atoms with van der Waals surface area (Å²) in [6.07, 6.45) is 5.24. The number of carbonyl (C=O) groups excluding carboxylic acids is 1. The maximum Gasteiger partial charge on any atom is 0.311 e. The first-order valence-corrected chi connectivity index (χ1v) is 8.70. The molecule has 0 saturated heterocycles. The van der Waals surface area contributed by atoms with Crippen LogP contribution in [-0.4, -0.2) is 33.4 Å². The van der Waals surface area contributed by atoms with Gasteiger partial charge in [0.25, 0.3) is 0 Å². The molecular weight excluding hydrogens is 332 g/mol. The third kappa shape index (κ3) is 7.41. The highest BCUT2D eigenvalue weighted by Gasteiger charge is 2.15. The molecule has 0 aliphatic carbocycles. The van der Waals surface area contributed by atoms with E-state index in [1.54, 1.807) is 19.2 Å². The zero-order valence-electron chi connectivity index (χ0n) is 14.7. The number of carbonyl (C=O) groups is 1. The van der Waals surface area contributed by atoms with Crippen LogP contribution in [0.15, 0.2) is 12.1 Å². The Morgan fingerprint density at radius 1 is 1.00 bits per heavy atom. The average Bonchev–Trinajstić information content (AvgIpc) is 2.57. The van der Waals surface area contributed by atoms with Crippen LogP contribution in [0, 0.1) is 0 Å². The first kappa shape index (κ1) is 20.6. The number of hydrogen-bond donors (Lipinski definition) is 0. The monoisotopic (exact) mass is 358 g/mol. The predicted molar refractivity (Wildman–Crippen MR) is 94.4 cm³/mol. The lowest BCUT2D eigenvalue weighted by Gasteiger charge is -2.13. The maximum atomic E-state index is 11.9. The smallest absolute Gasteiger partial charge is 0.311 e. The molecule has 6 heteroatoms. The Labute approximate surface area is 149 Å². The van der Waals surface area contributed by atoms with Gasteiger partial charge in [-0.1, -0.05) is 37.8 Å². The van der Waals surface area contributed by atoms with E-state index in [4.69, 9.17) is 30.5 Å².